The van der Waals surface area contributed by atoms with Crippen molar-refractivity contribution in [3.05, 3.63) is 85.1 Å². The summed E-state index contributed by atoms with van der Waals surface area (Å²) in [5, 5.41) is 9.70. The molecule has 0 bridgehead atoms. The smallest absolute Gasteiger partial charge is 0.361 e. The number of quaternary nitrogens is 1. The van der Waals surface area contributed by atoms with E-state index < -0.39 is 24.3 Å². The van der Waals surface area contributed by atoms with Gasteiger partial charge in [0.1, 0.15) is 13.2 Å². The number of rotatable bonds is 52. The molecule has 0 heterocycles. The van der Waals surface area contributed by atoms with Gasteiger partial charge in [-0.3, -0.25) is 9.59 Å². The molecule has 0 radical (unpaired) electrons. The van der Waals surface area contributed by atoms with E-state index >= 15 is 0 Å². The molecule has 1 N–H and O–H groups in total. The van der Waals surface area contributed by atoms with Gasteiger partial charge in [-0.2, -0.15) is 0 Å². The van der Waals surface area contributed by atoms with Crippen LogP contribution in [0.1, 0.15) is 232 Å². The van der Waals surface area contributed by atoms with Gasteiger partial charge in [0.15, 0.2) is 6.10 Å². The van der Waals surface area contributed by atoms with Crippen LogP contribution in [0.15, 0.2) is 85.1 Å². The number of likely N-dealkylation sites (N-methyl/N-ethyl adjacent to an activating group) is 1. The number of aliphatic carboxylic acids is 1. The van der Waals surface area contributed by atoms with Crippen molar-refractivity contribution in [1.82, 2.24) is 0 Å². The van der Waals surface area contributed by atoms with Gasteiger partial charge in [-0.15, -0.1) is 0 Å². The average Bonchev–Trinajstić information content (AvgIpc) is 3.34. The zero-order chi connectivity index (χ0) is 52.0. The Morgan fingerprint density at radius 1 is 0.437 bits per heavy atom. The minimum absolute atomic E-state index is 0.183. The van der Waals surface area contributed by atoms with Crippen LogP contribution < -0.4 is 0 Å². The van der Waals surface area contributed by atoms with Gasteiger partial charge < -0.3 is 28.5 Å². The normalized spacial score (nSPS) is 13.4. The Labute approximate surface area is 436 Å². The molecular weight excluding hydrogens is 887 g/mol. The summed E-state index contributed by atoms with van der Waals surface area (Å²) in [5.74, 6) is -2.02. The van der Waals surface area contributed by atoms with Gasteiger partial charge in [0.25, 0.3) is 6.29 Å². The summed E-state index contributed by atoms with van der Waals surface area (Å²) >= 11 is 0. The lowest BCUT2D eigenvalue weighted by Gasteiger charge is -2.25. The molecule has 0 aliphatic heterocycles. The van der Waals surface area contributed by atoms with Crippen molar-refractivity contribution in [2.24, 2.45) is 0 Å². The molecule has 0 saturated carbocycles. The highest BCUT2D eigenvalue weighted by Crippen LogP contribution is 2.15. The van der Waals surface area contributed by atoms with Crippen LogP contribution in [0.2, 0.25) is 0 Å². The molecule has 0 fully saturated rings. The monoisotopic (exact) mass is 995 g/mol. The molecule has 9 nitrogen and oxygen atoms in total. The summed E-state index contributed by atoms with van der Waals surface area (Å²) in [6, 6.07) is 0. The topological polar surface area (TPSA) is 108 Å². The Kier molecular flexibility index (Phi) is 50.2. The van der Waals surface area contributed by atoms with Crippen LogP contribution in [0.3, 0.4) is 0 Å². The summed E-state index contributed by atoms with van der Waals surface area (Å²) in [6.07, 6.45) is 66.5. The summed E-state index contributed by atoms with van der Waals surface area (Å²) in [6.45, 7) is 4.75. The van der Waals surface area contributed by atoms with Gasteiger partial charge in [-0.05, 0) is 89.9 Å². The Hall–Kier alpha value is -3.53. The SMILES string of the molecule is CC/C=C\C/C=C\C/C=C\C/C=C\C/C=C\C/C=C\CCCCCCCCCCCCC(=O)OC(COC(=O)CCCCCCCCC/C=C\CCCCCCCC)COC(OCC[N+](C)(C)C)C(=O)O. The predicted octanol–water partition coefficient (Wildman–Crippen LogP) is 16.8. The van der Waals surface area contributed by atoms with Crippen LogP contribution in [-0.2, 0) is 33.3 Å². The number of hydrogen-bond donors (Lipinski definition) is 1. The number of unbranched alkanes of at least 4 members (excludes halogenated alkanes) is 23. The third kappa shape index (κ3) is 54.1. The van der Waals surface area contributed by atoms with Gasteiger partial charge in [0.2, 0.25) is 0 Å². The molecule has 0 aromatic heterocycles. The molecule has 0 spiro atoms. The molecule has 0 aliphatic carbocycles. The van der Waals surface area contributed by atoms with Crippen molar-refractivity contribution < 1.29 is 42.9 Å². The Bertz CT molecular complexity index is 1440. The minimum Gasteiger partial charge on any atom is -0.477 e. The van der Waals surface area contributed by atoms with E-state index in [1.54, 1.807) is 0 Å². The van der Waals surface area contributed by atoms with E-state index in [9.17, 15) is 19.5 Å². The van der Waals surface area contributed by atoms with Crippen LogP contribution in [0.4, 0.5) is 0 Å². The zero-order valence-corrected chi connectivity index (χ0v) is 46.4. The van der Waals surface area contributed by atoms with E-state index in [0.29, 0.717) is 23.9 Å². The van der Waals surface area contributed by atoms with Gasteiger partial charge in [0, 0.05) is 12.8 Å². The second-order valence-electron chi connectivity index (χ2n) is 20.2. The molecule has 0 amide bonds. The number of ether oxygens (including phenoxy) is 4. The van der Waals surface area contributed by atoms with Gasteiger partial charge >= 0.3 is 17.9 Å². The molecule has 0 saturated heterocycles. The number of hydrogen-bond acceptors (Lipinski definition) is 7. The summed E-state index contributed by atoms with van der Waals surface area (Å²) in [5.41, 5.74) is 0. The Morgan fingerprint density at radius 3 is 1.21 bits per heavy atom. The van der Waals surface area contributed by atoms with E-state index in [-0.39, 0.29) is 32.2 Å². The molecular formula is C62H108NO8+. The maximum absolute atomic E-state index is 12.9. The fraction of sp³-hybridized carbons (Fsp3) is 0.726. The van der Waals surface area contributed by atoms with E-state index in [0.717, 1.165) is 83.5 Å². The van der Waals surface area contributed by atoms with Crippen LogP contribution in [-0.4, -0.2) is 87.4 Å². The number of allylic oxidation sites excluding steroid dienone is 14. The molecule has 0 rings (SSSR count). The maximum atomic E-state index is 12.9. The van der Waals surface area contributed by atoms with Crippen LogP contribution in [0.25, 0.3) is 0 Å². The summed E-state index contributed by atoms with van der Waals surface area (Å²) in [4.78, 5) is 37.4. The first kappa shape index (κ1) is 67.5. The maximum Gasteiger partial charge on any atom is 0.361 e. The van der Waals surface area contributed by atoms with Crippen molar-refractivity contribution in [2.75, 3.05) is 47.5 Å². The highest BCUT2D eigenvalue weighted by Gasteiger charge is 2.25. The van der Waals surface area contributed by atoms with E-state index in [4.69, 9.17) is 18.9 Å². The van der Waals surface area contributed by atoms with Crippen LogP contribution in [0, 0.1) is 0 Å². The molecule has 0 aromatic carbocycles. The molecule has 2 atom stereocenters. The Morgan fingerprint density at radius 2 is 0.803 bits per heavy atom. The quantitative estimate of drug-likeness (QED) is 0.0211. The second-order valence-corrected chi connectivity index (χ2v) is 20.2. The van der Waals surface area contributed by atoms with E-state index in [1.807, 2.05) is 21.1 Å². The molecule has 408 valence electrons. The molecule has 2 unspecified atom stereocenters. The molecule has 9 heteroatoms. The van der Waals surface area contributed by atoms with Crippen molar-refractivity contribution >= 4 is 17.9 Å². The predicted molar refractivity (Wildman–Crippen MR) is 299 cm³/mol. The van der Waals surface area contributed by atoms with Gasteiger partial charge in [-0.25, -0.2) is 4.79 Å². The molecule has 0 aromatic rings. The number of carboxylic acid groups (broad SMARTS) is 1. The van der Waals surface area contributed by atoms with E-state index in [2.05, 4.69) is 98.9 Å². The third-order valence-corrected chi connectivity index (χ3v) is 12.1. The number of nitrogens with zero attached hydrogens (tertiary/aromatic N) is 1. The van der Waals surface area contributed by atoms with Crippen LogP contribution >= 0.6 is 0 Å². The number of carbonyl (C=O) groups excluding carboxylic acids is 2. The lowest BCUT2D eigenvalue weighted by Crippen LogP contribution is -2.40. The number of carbonyl (C=O) groups is 3. The first-order valence-corrected chi connectivity index (χ1v) is 28.8. The fourth-order valence-electron chi connectivity index (χ4n) is 7.72. The van der Waals surface area contributed by atoms with Crippen LogP contribution in [0.5, 0.6) is 0 Å². The number of esters is 2. The first-order chi connectivity index (χ1) is 34.6. The molecule has 0 aliphatic rings. The van der Waals surface area contributed by atoms with Crippen molar-refractivity contribution in [3.8, 4) is 0 Å². The van der Waals surface area contributed by atoms with Crippen molar-refractivity contribution in [1.29, 1.82) is 0 Å². The largest absolute Gasteiger partial charge is 0.477 e. The number of carboxylic acids is 1. The van der Waals surface area contributed by atoms with Crippen molar-refractivity contribution in [2.45, 2.75) is 245 Å². The first-order valence-electron chi connectivity index (χ1n) is 28.8. The van der Waals surface area contributed by atoms with Crippen molar-refractivity contribution in [3.63, 3.8) is 0 Å². The summed E-state index contributed by atoms with van der Waals surface area (Å²) < 4.78 is 22.9. The fourth-order valence-corrected chi connectivity index (χ4v) is 7.72. The summed E-state index contributed by atoms with van der Waals surface area (Å²) in [7, 11) is 5.96. The Balaban J connectivity index is 4.26. The van der Waals surface area contributed by atoms with Gasteiger partial charge in [-0.1, -0.05) is 214 Å². The standard InChI is InChI=1S/C62H107NO8/c1-6-8-10-12-14-16-18-20-22-24-25-26-27-28-29-30-31-32-33-34-35-37-39-41-43-45-47-49-51-53-60(65)71-58(57-70-62(61(66)67)68-55-54-63(3,4)5)56-69-59(64)52-50-48-46-44-42-40-38-36-23-21-19-17-15-13-11-9-7-2/h8,10,14,16,20-23,25-26,28-29,31-32,58,62H,6-7,9,11-13,15,17-19,24,27,30,33-57H2,1-5H3/p+1/b10-8-,16-14-,22-20-,23-21-,26-25-,29-28-,32-31-. The average molecular weight is 996 g/mol. The van der Waals surface area contributed by atoms with E-state index in [1.165, 1.54) is 116 Å². The second kappa shape index (κ2) is 52.8. The zero-order valence-electron chi connectivity index (χ0n) is 46.4. The minimum atomic E-state index is -1.52. The lowest BCUT2D eigenvalue weighted by atomic mass is 10.0. The third-order valence-electron chi connectivity index (χ3n) is 12.1. The molecule has 71 heavy (non-hydrogen) atoms. The highest BCUT2D eigenvalue weighted by molar-refractivity contribution is 5.71. The van der Waals surface area contributed by atoms with Gasteiger partial charge in [0.05, 0.1) is 34.4 Å². The highest BCUT2D eigenvalue weighted by atomic mass is 16.7. The lowest BCUT2D eigenvalue weighted by molar-refractivity contribution is -0.870.